The SMILES string of the molecule is COC[C@@H]1CCN(C(=O)[C@H]2CCCNC2)C1. The lowest BCUT2D eigenvalue weighted by molar-refractivity contribution is -0.135. The van der Waals surface area contributed by atoms with Gasteiger partial charge >= 0.3 is 0 Å². The Morgan fingerprint density at radius 3 is 3.06 bits per heavy atom. The molecule has 4 nitrogen and oxygen atoms in total. The number of likely N-dealkylation sites (tertiary alicyclic amines) is 1. The van der Waals surface area contributed by atoms with Gasteiger partial charge in [0.25, 0.3) is 0 Å². The third-order valence-corrected chi connectivity index (χ3v) is 3.65. The minimum Gasteiger partial charge on any atom is -0.384 e. The van der Waals surface area contributed by atoms with Crippen LogP contribution in [0.1, 0.15) is 19.3 Å². The minimum atomic E-state index is 0.218. The number of rotatable bonds is 3. The Bertz CT molecular complexity index is 239. The zero-order chi connectivity index (χ0) is 11.4. The summed E-state index contributed by atoms with van der Waals surface area (Å²) in [6.07, 6.45) is 3.28. The molecule has 0 spiro atoms. The molecule has 16 heavy (non-hydrogen) atoms. The van der Waals surface area contributed by atoms with Crippen LogP contribution < -0.4 is 5.32 Å². The molecule has 0 aromatic rings. The number of amides is 1. The van der Waals surface area contributed by atoms with Crippen LogP contribution in [-0.4, -0.2) is 50.7 Å². The maximum absolute atomic E-state index is 12.2. The predicted octanol–water partition coefficient (Wildman–Crippen LogP) is 0.481. The first-order chi connectivity index (χ1) is 7.81. The largest absolute Gasteiger partial charge is 0.384 e. The number of hydrogen-bond donors (Lipinski definition) is 1. The van der Waals surface area contributed by atoms with Gasteiger partial charge in [-0.25, -0.2) is 0 Å². The molecule has 0 saturated carbocycles. The average Bonchev–Trinajstić information content (AvgIpc) is 2.78. The summed E-state index contributed by atoms with van der Waals surface area (Å²) in [6.45, 7) is 4.53. The molecule has 2 rings (SSSR count). The van der Waals surface area contributed by atoms with Crippen molar-refractivity contribution in [3.63, 3.8) is 0 Å². The van der Waals surface area contributed by atoms with Crippen LogP contribution in [0.3, 0.4) is 0 Å². The molecule has 0 aromatic heterocycles. The van der Waals surface area contributed by atoms with Gasteiger partial charge in [0.05, 0.1) is 12.5 Å². The predicted molar refractivity (Wildman–Crippen MR) is 62.2 cm³/mol. The van der Waals surface area contributed by atoms with Crippen molar-refractivity contribution in [3.05, 3.63) is 0 Å². The van der Waals surface area contributed by atoms with E-state index in [-0.39, 0.29) is 5.92 Å². The number of ether oxygens (including phenoxy) is 1. The van der Waals surface area contributed by atoms with Gasteiger partial charge in [-0.1, -0.05) is 0 Å². The second-order valence-electron chi connectivity index (χ2n) is 4.94. The van der Waals surface area contributed by atoms with E-state index in [1.165, 1.54) is 0 Å². The highest BCUT2D eigenvalue weighted by Crippen LogP contribution is 2.21. The number of hydrogen-bond acceptors (Lipinski definition) is 3. The molecule has 92 valence electrons. The first-order valence-electron chi connectivity index (χ1n) is 6.29. The van der Waals surface area contributed by atoms with E-state index in [9.17, 15) is 4.79 Å². The van der Waals surface area contributed by atoms with Crippen LogP contribution in [0.15, 0.2) is 0 Å². The zero-order valence-electron chi connectivity index (χ0n) is 10.1. The highest BCUT2D eigenvalue weighted by atomic mass is 16.5. The molecule has 2 atom stereocenters. The van der Waals surface area contributed by atoms with E-state index >= 15 is 0 Å². The van der Waals surface area contributed by atoms with E-state index in [1.54, 1.807) is 7.11 Å². The fraction of sp³-hybridized carbons (Fsp3) is 0.917. The average molecular weight is 226 g/mol. The van der Waals surface area contributed by atoms with Crippen LogP contribution in [0.25, 0.3) is 0 Å². The molecular weight excluding hydrogens is 204 g/mol. The highest BCUT2D eigenvalue weighted by molar-refractivity contribution is 5.79. The summed E-state index contributed by atoms with van der Waals surface area (Å²) in [5.41, 5.74) is 0. The van der Waals surface area contributed by atoms with Crippen LogP contribution in [0, 0.1) is 11.8 Å². The summed E-state index contributed by atoms with van der Waals surface area (Å²) in [4.78, 5) is 14.2. The van der Waals surface area contributed by atoms with Gasteiger partial charge in [-0.15, -0.1) is 0 Å². The Labute approximate surface area is 97.3 Å². The zero-order valence-corrected chi connectivity index (χ0v) is 10.1. The Morgan fingerprint density at radius 1 is 1.50 bits per heavy atom. The van der Waals surface area contributed by atoms with Crippen molar-refractivity contribution in [1.82, 2.24) is 10.2 Å². The molecule has 2 aliphatic heterocycles. The summed E-state index contributed by atoms with van der Waals surface area (Å²) >= 11 is 0. The number of piperidine rings is 1. The Morgan fingerprint density at radius 2 is 2.38 bits per heavy atom. The summed E-state index contributed by atoms with van der Waals surface area (Å²) < 4.78 is 5.15. The van der Waals surface area contributed by atoms with E-state index in [1.807, 2.05) is 4.90 Å². The van der Waals surface area contributed by atoms with Crippen molar-refractivity contribution in [2.75, 3.05) is 39.9 Å². The summed E-state index contributed by atoms with van der Waals surface area (Å²) in [5, 5.41) is 3.30. The quantitative estimate of drug-likeness (QED) is 0.761. The molecule has 4 heteroatoms. The maximum atomic E-state index is 12.2. The number of carbonyl (C=O) groups excluding carboxylic acids is 1. The van der Waals surface area contributed by atoms with Crippen molar-refractivity contribution in [1.29, 1.82) is 0 Å². The molecule has 2 fully saturated rings. The normalized spacial score (nSPS) is 30.7. The van der Waals surface area contributed by atoms with Gasteiger partial charge in [0.1, 0.15) is 0 Å². The van der Waals surface area contributed by atoms with Gasteiger partial charge in [0, 0.05) is 32.7 Å². The Hall–Kier alpha value is -0.610. The fourth-order valence-corrected chi connectivity index (χ4v) is 2.73. The molecule has 2 heterocycles. The molecule has 2 saturated heterocycles. The lowest BCUT2D eigenvalue weighted by atomic mass is 9.98. The number of carbonyl (C=O) groups is 1. The number of methoxy groups -OCH3 is 1. The maximum Gasteiger partial charge on any atom is 0.226 e. The van der Waals surface area contributed by atoms with Gasteiger partial charge in [0.15, 0.2) is 0 Å². The molecule has 2 aliphatic rings. The molecular formula is C12H22N2O2. The molecule has 0 aliphatic carbocycles. The fourth-order valence-electron chi connectivity index (χ4n) is 2.73. The van der Waals surface area contributed by atoms with E-state index in [0.717, 1.165) is 52.0 Å². The van der Waals surface area contributed by atoms with Gasteiger partial charge < -0.3 is 15.0 Å². The number of nitrogens with zero attached hydrogens (tertiary/aromatic N) is 1. The van der Waals surface area contributed by atoms with E-state index in [4.69, 9.17) is 4.74 Å². The lowest BCUT2D eigenvalue weighted by Crippen LogP contribution is -2.42. The van der Waals surface area contributed by atoms with Gasteiger partial charge in [-0.3, -0.25) is 4.79 Å². The van der Waals surface area contributed by atoms with Crippen LogP contribution in [0.5, 0.6) is 0 Å². The van der Waals surface area contributed by atoms with Crippen molar-refractivity contribution in [2.45, 2.75) is 19.3 Å². The molecule has 0 radical (unpaired) electrons. The van der Waals surface area contributed by atoms with E-state index in [2.05, 4.69) is 5.32 Å². The number of nitrogens with one attached hydrogen (secondary N) is 1. The van der Waals surface area contributed by atoms with Crippen molar-refractivity contribution in [2.24, 2.45) is 11.8 Å². The van der Waals surface area contributed by atoms with Gasteiger partial charge in [-0.05, 0) is 25.8 Å². The van der Waals surface area contributed by atoms with Gasteiger partial charge in [-0.2, -0.15) is 0 Å². The topological polar surface area (TPSA) is 41.6 Å². The minimum absolute atomic E-state index is 0.218. The van der Waals surface area contributed by atoms with Crippen LogP contribution >= 0.6 is 0 Å². The molecule has 1 N–H and O–H groups in total. The summed E-state index contributed by atoms with van der Waals surface area (Å²) in [7, 11) is 1.73. The highest BCUT2D eigenvalue weighted by Gasteiger charge is 2.31. The lowest BCUT2D eigenvalue weighted by Gasteiger charge is -2.26. The molecule has 0 unspecified atom stereocenters. The van der Waals surface area contributed by atoms with Crippen LogP contribution in [0.4, 0.5) is 0 Å². The van der Waals surface area contributed by atoms with E-state index in [0.29, 0.717) is 11.8 Å². The van der Waals surface area contributed by atoms with Crippen LogP contribution in [0.2, 0.25) is 0 Å². The van der Waals surface area contributed by atoms with Gasteiger partial charge in [0.2, 0.25) is 5.91 Å². The van der Waals surface area contributed by atoms with Crippen molar-refractivity contribution < 1.29 is 9.53 Å². The van der Waals surface area contributed by atoms with E-state index < -0.39 is 0 Å². The summed E-state index contributed by atoms with van der Waals surface area (Å²) in [5.74, 6) is 1.12. The molecule has 0 bridgehead atoms. The second kappa shape index (κ2) is 5.64. The van der Waals surface area contributed by atoms with Crippen molar-refractivity contribution in [3.8, 4) is 0 Å². The molecule has 0 aromatic carbocycles. The van der Waals surface area contributed by atoms with Crippen molar-refractivity contribution >= 4 is 5.91 Å². The molecule has 1 amide bonds. The Balaban J connectivity index is 1.81. The third-order valence-electron chi connectivity index (χ3n) is 3.65. The first-order valence-corrected chi connectivity index (χ1v) is 6.29. The van der Waals surface area contributed by atoms with Crippen LogP contribution in [-0.2, 0) is 9.53 Å². The smallest absolute Gasteiger partial charge is 0.226 e. The second-order valence-corrected chi connectivity index (χ2v) is 4.94. The Kier molecular flexibility index (Phi) is 4.18. The monoisotopic (exact) mass is 226 g/mol. The third kappa shape index (κ3) is 2.74. The first kappa shape index (κ1) is 11.9. The standard InChI is InChI=1S/C12H22N2O2/c1-16-9-10-4-6-14(8-10)12(15)11-3-2-5-13-7-11/h10-11,13H,2-9H2,1H3/t10-,11+/m1/s1. The summed E-state index contributed by atoms with van der Waals surface area (Å²) in [6, 6.07) is 0.